The number of anilines is 1. The van der Waals surface area contributed by atoms with Crippen LogP contribution in [0, 0.1) is 5.92 Å². The van der Waals surface area contributed by atoms with E-state index in [4.69, 9.17) is 0 Å². The molecule has 1 aromatic heterocycles. The molecule has 2 aromatic rings. The predicted octanol–water partition coefficient (Wildman–Crippen LogP) is 1.78. The van der Waals surface area contributed by atoms with Crippen molar-refractivity contribution < 1.29 is 9.59 Å². The van der Waals surface area contributed by atoms with Crippen molar-refractivity contribution in [3.05, 3.63) is 47.8 Å². The van der Waals surface area contributed by atoms with Gasteiger partial charge in [-0.3, -0.25) is 14.3 Å². The lowest BCUT2D eigenvalue weighted by Gasteiger charge is -2.17. The molecule has 1 aliphatic heterocycles. The molecule has 1 fully saturated rings. The highest BCUT2D eigenvalue weighted by Crippen LogP contribution is 2.28. The molecule has 27 heavy (non-hydrogen) atoms. The van der Waals surface area contributed by atoms with Crippen molar-refractivity contribution in [2.75, 3.05) is 18.4 Å². The highest BCUT2D eigenvalue weighted by molar-refractivity contribution is 5.90. The summed E-state index contributed by atoms with van der Waals surface area (Å²) >= 11 is 0. The highest BCUT2D eigenvalue weighted by atomic mass is 16.2. The number of carbonyl (C=O) groups excluding carboxylic acids is 2. The van der Waals surface area contributed by atoms with Crippen LogP contribution in [0.15, 0.2) is 36.7 Å². The van der Waals surface area contributed by atoms with Gasteiger partial charge in [0.1, 0.15) is 0 Å². The maximum Gasteiger partial charge on any atom is 0.225 e. The molecule has 0 spiro atoms. The van der Waals surface area contributed by atoms with Crippen LogP contribution >= 0.6 is 0 Å². The van der Waals surface area contributed by atoms with Crippen molar-refractivity contribution in [2.45, 2.75) is 32.2 Å². The minimum atomic E-state index is -0.0956. The Kier molecular flexibility index (Phi) is 6.24. The second-order valence-corrected chi connectivity index (χ2v) is 7.03. The molecule has 3 N–H and O–H groups in total. The Bertz CT molecular complexity index is 784. The van der Waals surface area contributed by atoms with E-state index in [-0.39, 0.29) is 23.7 Å². The monoisotopic (exact) mass is 369 g/mol. The molecule has 0 radical (unpaired) electrons. The molecular weight excluding hydrogens is 342 g/mol. The van der Waals surface area contributed by atoms with Crippen molar-refractivity contribution in [3.63, 3.8) is 0 Å². The van der Waals surface area contributed by atoms with Gasteiger partial charge in [0, 0.05) is 50.9 Å². The van der Waals surface area contributed by atoms with Crippen LogP contribution in [0.2, 0.25) is 0 Å². The molecule has 7 heteroatoms. The Morgan fingerprint density at radius 2 is 2.04 bits per heavy atom. The fraction of sp³-hybridized carbons (Fsp3) is 0.450. The van der Waals surface area contributed by atoms with Gasteiger partial charge in [-0.05, 0) is 29.7 Å². The SMILES string of the molecule is CCCC(=O)Nc1ccc(CNC(=O)[C@H]2CNC[C@@H]2c2cnn(C)c2)cc1. The summed E-state index contributed by atoms with van der Waals surface area (Å²) in [5.74, 6) is 0.125. The maximum atomic E-state index is 12.7. The van der Waals surface area contributed by atoms with E-state index in [0.29, 0.717) is 19.5 Å². The van der Waals surface area contributed by atoms with Gasteiger partial charge >= 0.3 is 0 Å². The molecule has 1 aliphatic rings. The Balaban J connectivity index is 1.53. The van der Waals surface area contributed by atoms with Crippen LogP contribution in [0.4, 0.5) is 5.69 Å². The van der Waals surface area contributed by atoms with Crippen molar-refractivity contribution in [2.24, 2.45) is 13.0 Å². The lowest BCUT2D eigenvalue weighted by molar-refractivity contribution is -0.125. The zero-order chi connectivity index (χ0) is 19.2. The van der Waals surface area contributed by atoms with Gasteiger partial charge < -0.3 is 16.0 Å². The molecular formula is C20H27N5O2. The van der Waals surface area contributed by atoms with E-state index in [0.717, 1.165) is 29.8 Å². The smallest absolute Gasteiger partial charge is 0.225 e. The molecule has 3 rings (SSSR count). The summed E-state index contributed by atoms with van der Waals surface area (Å²) in [7, 11) is 1.88. The van der Waals surface area contributed by atoms with E-state index in [1.807, 2.05) is 50.6 Å². The fourth-order valence-corrected chi connectivity index (χ4v) is 3.41. The Labute approximate surface area is 159 Å². The maximum absolute atomic E-state index is 12.7. The van der Waals surface area contributed by atoms with E-state index in [2.05, 4.69) is 21.0 Å². The summed E-state index contributed by atoms with van der Waals surface area (Å²) in [6, 6.07) is 7.58. The fourth-order valence-electron chi connectivity index (χ4n) is 3.41. The Hall–Kier alpha value is -2.67. The molecule has 2 atom stereocenters. The zero-order valence-corrected chi connectivity index (χ0v) is 15.9. The lowest BCUT2D eigenvalue weighted by atomic mass is 9.90. The third-order valence-corrected chi connectivity index (χ3v) is 4.89. The minimum absolute atomic E-state index is 0.0220. The summed E-state index contributed by atoms with van der Waals surface area (Å²) in [6.07, 6.45) is 5.16. The van der Waals surface area contributed by atoms with Gasteiger partial charge in [0.05, 0.1) is 12.1 Å². The van der Waals surface area contributed by atoms with E-state index in [9.17, 15) is 9.59 Å². The van der Waals surface area contributed by atoms with Crippen molar-refractivity contribution in [3.8, 4) is 0 Å². The summed E-state index contributed by atoms with van der Waals surface area (Å²) < 4.78 is 1.77. The Morgan fingerprint density at radius 1 is 1.26 bits per heavy atom. The van der Waals surface area contributed by atoms with Gasteiger partial charge in [-0.15, -0.1) is 0 Å². The van der Waals surface area contributed by atoms with E-state index in [1.54, 1.807) is 4.68 Å². The Morgan fingerprint density at radius 3 is 2.70 bits per heavy atom. The van der Waals surface area contributed by atoms with E-state index in [1.165, 1.54) is 0 Å². The molecule has 144 valence electrons. The summed E-state index contributed by atoms with van der Waals surface area (Å²) in [6.45, 7) is 3.91. The number of carbonyl (C=O) groups is 2. The summed E-state index contributed by atoms with van der Waals surface area (Å²) in [5.41, 5.74) is 2.87. The molecule has 7 nitrogen and oxygen atoms in total. The van der Waals surface area contributed by atoms with Crippen LogP contribution in [-0.2, 0) is 23.2 Å². The average molecular weight is 369 g/mol. The van der Waals surface area contributed by atoms with Crippen molar-refractivity contribution in [1.29, 1.82) is 0 Å². The first-order valence-corrected chi connectivity index (χ1v) is 9.42. The number of hydrogen-bond donors (Lipinski definition) is 3. The molecule has 0 unspecified atom stereocenters. The second-order valence-electron chi connectivity index (χ2n) is 7.03. The van der Waals surface area contributed by atoms with Gasteiger partial charge in [0.15, 0.2) is 0 Å². The van der Waals surface area contributed by atoms with E-state index >= 15 is 0 Å². The number of nitrogens with one attached hydrogen (secondary N) is 3. The normalized spacial score (nSPS) is 19.0. The summed E-state index contributed by atoms with van der Waals surface area (Å²) in [4.78, 5) is 24.3. The predicted molar refractivity (Wildman–Crippen MR) is 104 cm³/mol. The first-order valence-electron chi connectivity index (χ1n) is 9.42. The van der Waals surface area contributed by atoms with Gasteiger partial charge in [-0.2, -0.15) is 5.10 Å². The molecule has 0 saturated carbocycles. The van der Waals surface area contributed by atoms with Crippen LogP contribution in [0.5, 0.6) is 0 Å². The van der Waals surface area contributed by atoms with Crippen LogP contribution in [0.1, 0.15) is 36.8 Å². The molecule has 0 bridgehead atoms. The first kappa shape index (κ1) is 19.1. The van der Waals surface area contributed by atoms with Crippen LogP contribution in [0.3, 0.4) is 0 Å². The van der Waals surface area contributed by atoms with Gasteiger partial charge in [0.25, 0.3) is 0 Å². The lowest BCUT2D eigenvalue weighted by Crippen LogP contribution is -2.33. The van der Waals surface area contributed by atoms with Gasteiger partial charge in [-0.25, -0.2) is 0 Å². The van der Waals surface area contributed by atoms with Crippen molar-refractivity contribution >= 4 is 17.5 Å². The number of aromatic nitrogens is 2. The zero-order valence-electron chi connectivity index (χ0n) is 15.9. The number of rotatable bonds is 7. The van der Waals surface area contributed by atoms with Gasteiger partial charge in [-0.1, -0.05) is 19.1 Å². The molecule has 1 aromatic carbocycles. The van der Waals surface area contributed by atoms with Gasteiger partial charge in [0.2, 0.25) is 11.8 Å². The number of hydrogen-bond acceptors (Lipinski definition) is 4. The first-order chi connectivity index (χ1) is 13.1. The number of nitrogens with zero attached hydrogens (tertiary/aromatic N) is 2. The second kappa shape index (κ2) is 8.81. The largest absolute Gasteiger partial charge is 0.352 e. The quantitative estimate of drug-likeness (QED) is 0.694. The number of benzene rings is 1. The number of amides is 2. The van der Waals surface area contributed by atoms with Crippen LogP contribution in [0.25, 0.3) is 0 Å². The molecule has 2 heterocycles. The van der Waals surface area contributed by atoms with Crippen molar-refractivity contribution in [1.82, 2.24) is 20.4 Å². The highest BCUT2D eigenvalue weighted by Gasteiger charge is 2.34. The van der Waals surface area contributed by atoms with Crippen LogP contribution in [-0.4, -0.2) is 34.7 Å². The minimum Gasteiger partial charge on any atom is -0.352 e. The summed E-state index contributed by atoms with van der Waals surface area (Å²) in [5, 5.41) is 13.4. The average Bonchev–Trinajstić information content (AvgIpc) is 3.30. The molecule has 2 amide bonds. The standard InChI is InChI=1S/C20H27N5O2/c1-3-4-19(26)24-16-7-5-14(6-8-16)9-22-20(27)18-12-21-11-17(18)15-10-23-25(2)13-15/h5-8,10,13,17-18,21H,3-4,9,11-12H2,1-2H3,(H,22,27)(H,24,26)/t17-,18+/m1/s1. The number of aryl methyl sites for hydroxylation is 1. The topological polar surface area (TPSA) is 88.1 Å². The molecule has 1 saturated heterocycles. The van der Waals surface area contributed by atoms with E-state index < -0.39 is 0 Å². The molecule has 0 aliphatic carbocycles. The third-order valence-electron chi connectivity index (χ3n) is 4.89. The third kappa shape index (κ3) is 4.95. The van der Waals surface area contributed by atoms with Crippen LogP contribution < -0.4 is 16.0 Å².